The highest BCUT2D eigenvalue weighted by Crippen LogP contribution is 2.50. The van der Waals surface area contributed by atoms with Crippen molar-refractivity contribution in [2.75, 3.05) is 0 Å². The predicted molar refractivity (Wildman–Crippen MR) is 358 cm³/mol. The Morgan fingerprint density at radius 1 is 0.209 bits per heavy atom. The van der Waals surface area contributed by atoms with Crippen molar-refractivity contribution in [3.63, 3.8) is 0 Å². The maximum atomic E-state index is 5.19. The lowest BCUT2D eigenvalue weighted by Gasteiger charge is -2.28. The van der Waals surface area contributed by atoms with E-state index < -0.39 is 0 Å². The van der Waals surface area contributed by atoms with E-state index in [-0.39, 0.29) is 0 Å². The number of rotatable bonds is 7. The van der Waals surface area contributed by atoms with E-state index in [2.05, 4.69) is 319 Å². The molecule has 0 amide bonds. The highest BCUT2D eigenvalue weighted by atomic mass is 15.2. The number of nitrogens with zero attached hydrogens (tertiary/aromatic N) is 7. The number of benzene rings is 13. The second-order valence-electron chi connectivity index (χ2n) is 22.7. The van der Waals surface area contributed by atoms with Crippen LogP contribution >= 0.6 is 0 Å². The van der Waals surface area contributed by atoms with Gasteiger partial charge in [0.05, 0.1) is 94.6 Å². The summed E-state index contributed by atoms with van der Waals surface area (Å²) in [6.07, 6.45) is 2.03. The van der Waals surface area contributed by atoms with Crippen LogP contribution in [0.5, 0.6) is 0 Å². The SMILES string of the molecule is c1ccc(-n2c3ccccc3c3cc(-c4ccc5c(c4)c4ccccc4n5-c4c(-n5c6ccccc6c6ccccc65)cc(-n5cnc6ccccc65)c(-n5c6ccccc6c6ccccc65)c4-n4c5ccccc5c5ccccc54)ccc32)cc1. The van der Waals surface area contributed by atoms with Gasteiger partial charge in [0.25, 0.3) is 0 Å². The van der Waals surface area contributed by atoms with Crippen molar-refractivity contribution >= 4 is 120 Å². The number of hydrogen-bond donors (Lipinski definition) is 0. The largest absolute Gasteiger partial charge is 0.309 e. The molecule has 19 rings (SSSR count). The molecule has 0 radical (unpaired) electrons. The first-order chi connectivity index (χ1) is 42.7. The predicted octanol–water partition coefficient (Wildman–Crippen LogP) is 20.2. The Labute approximate surface area is 492 Å². The smallest absolute Gasteiger partial charge is 0.100 e. The van der Waals surface area contributed by atoms with Gasteiger partial charge in [-0.3, -0.25) is 4.57 Å². The number of para-hydroxylation sites is 11. The quantitative estimate of drug-likeness (QED) is 0.157. The molecule has 0 saturated carbocycles. The third-order valence-corrected chi connectivity index (χ3v) is 18.3. The molecule has 86 heavy (non-hydrogen) atoms. The summed E-state index contributed by atoms with van der Waals surface area (Å²) in [7, 11) is 0. The molecule has 19 aromatic rings. The molecule has 0 N–H and O–H groups in total. The Bertz CT molecular complexity index is 5880. The van der Waals surface area contributed by atoms with E-state index in [1.54, 1.807) is 0 Å². The summed E-state index contributed by atoms with van der Waals surface area (Å²) in [4.78, 5) is 5.19. The van der Waals surface area contributed by atoms with Gasteiger partial charge in [-0.25, -0.2) is 4.98 Å². The summed E-state index contributed by atoms with van der Waals surface area (Å²) in [5, 5.41) is 11.9. The van der Waals surface area contributed by atoms with Gasteiger partial charge in [-0.15, -0.1) is 0 Å². The second kappa shape index (κ2) is 17.9. The number of imidazole rings is 1. The number of hydrogen-bond acceptors (Lipinski definition) is 1. The molecule has 13 aromatic carbocycles. The summed E-state index contributed by atoms with van der Waals surface area (Å²) in [6, 6.07) is 107. The zero-order valence-corrected chi connectivity index (χ0v) is 46.4. The van der Waals surface area contributed by atoms with Crippen LogP contribution in [0.4, 0.5) is 0 Å². The maximum Gasteiger partial charge on any atom is 0.100 e. The third-order valence-electron chi connectivity index (χ3n) is 18.3. The maximum absolute atomic E-state index is 5.19. The van der Waals surface area contributed by atoms with Gasteiger partial charge in [0, 0.05) is 59.5 Å². The fraction of sp³-hybridized carbons (Fsp3) is 0. The summed E-state index contributed by atoms with van der Waals surface area (Å²) in [5.74, 6) is 0. The molecule has 6 aromatic heterocycles. The minimum Gasteiger partial charge on any atom is -0.309 e. The number of fused-ring (bicyclic) bond motifs is 16. The minimum atomic E-state index is 0.917. The van der Waals surface area contributed by atoms with E-state index in [0.717, 1.165) is 111 Å². The van der Waals surface area contributed by atoms with E-state index >= 15 is 0 Å². The van der Waals surface area contributed by atoms with Crippen LogP contribution in [0, 0.1) is 0 Å². The minimum absolute atomic E-state index is 0.917. The van der Waals surface area contributed by atoms with E-state index in [9.17, 15) is 0 Å². The normalized spacial score (nSPS) is 12.2. The fourth-order valence-electron chi connectivity index (χ4n) is 14.7. The molecule has 7 heteroatoms. The lowest BCUT2D eigenvalue weighted by atomic mass is 10.0. The highest BCUT2D eigenvalue weighted by Gasteiger charge is 2.32. The zero-order chi connectivity index (χ0) is 56.1. The fourth-order valence-corrected chi connectivity index (χ4v) is 14.7. The first-order valence-electron chi connectivity index (χ1n) is 29.5. The van der Waals surface area contributed by atoms with Crippen LogP contribution < -0.4 is 0 Å². The Hall–Kier alpha value is -11.7. The molecular formula is C79H49N7. The van der Waals surface area contributed by atoms with Crippen LogP contribution in [0.3, 0.4) is 0 Å². The summed E-state index contributed by atoms with van der Waals surface area (Å²) < 4.78 is 15.0. The molecule has 0 aliphatic rings. The third kappa shape index (κ3) is 6.48. The van der Waals surface area contributed by atoms with Crippen molar-refractivity contribution in [2.45, 2.75) is 0 Å². The van der Waals surface area contributed by atoms with Crippen molar-refractivity contribution in [3.8, 4) is 45.3 Å². The molecule has 0 aliphatic heterocycles. The van der Waals surface area contributed by atoms with E-state index in [0.29, 0.717) is 0 Å². The summed E-state index contributed by atoms with van der Waals surface area (Å²) in [5.41, 5.74) is 21.6. The van der Waals surface area contributed by atoms with Crippen LogP contribution in [-0.2, 0) is 0 Å². The van der Waals surface area contributed by atoms with Crippen LogP contribution in [-0.4, -0.2) is 32.4 Å². The van der Waals surface area contributed by atoms with E-state index in [4.69, 9.17) is 4.98 Å². The Morgan fingerprint density at radius 2 is 0.523 bits per heavy atom. The van der Waals surface area contributed by atoms with E-state index in [1.165, 1.54) is 54.1 Å². The van der Waals surface area contributed by atoms with E-state index in [1.807, 2.05) is 6.33 Å². The highest BCUT2D eigenvalue weighted by molar-refractivity contribution is 6.17. The molecule has 0 spiro atoms. The lowest BCUT2D eigenvalue weighted by molar-refractivity contribution is 0.985. The zero-order valence-electron chi connectivity index (χ0n) is 46.4. The van der Waals surface area contributed by atoms with Crippen LogP contribution in [0.25, 0.3) is 165 Å². The van der Waals surface area contributed by atoms with Gasteiger partial charge in [-0.2, -0.15) is 0 Å². The molecule has 6 heterocycles. The first-order valence-corrected chi connectivity index (χ1v) is 29.5. The average Bonchev–Trinajstić information content (AvgIpc) is 1.65. The Kier molecular flexibility index (Phi) is 9.77. The molecular weight excluding hydrogens is 1050 g/mol. The molecule has 7 nitrogen and oxygen atoms in total. The van der Waals surface area contributed by atoms with Gasteiger partial charge < -0.3 is 22.8 Å². The van der Waals surface area contributed by atoms with Gasteiger partial charge in [0.1, 0.15) is 6.33 Å². The molecule has 0 aliphatic carbocycles. The van der Waals surface area contributed by atoms with Crippen molar-refractivity contribution in [2.24, 2.45) is 0 Å². The summed E-state index contributed by atoms with van der Waals surface area (Å²) in [6.45, 7) is 0. The first kappa shape index (κ1) is 46.9. The second-order valence-corrected chi connectivity index (χ2v) is 22.7. The standard InChI is InChI=1S/C79H49N7/c1-2-22-52(23-3-1)82-64-33-13-10-30-59(64)61-46-50(42-44-72(61)82)51-43-45-73-62(47-51)60-31-11-20-40-71(60)85(73)78-76(83-65-34-14-4-24-53(65)54-25-5-15-35-66(54)83)48-75(81-49-80-63-32-12-21-41-74(63)81)77(84-67-36-16-6-26-55(67)56-27-7-17-37-68(56)84)79(78)86-69-38-18-8-28-57(69)58-29-9-19-39-70(58)86/h1-49H. The monoisotopic (exact) mass is 1100 g/mol. The van der Waals surface area contributed by atoms with Crippen LogP contribution in [0.15, 0.2) is 298 Å². The molecule has 0 atom stereocenters. The molecule has 0 fully saturated rings. The van der Waals surface area contributed by atoms with Crippen molar-refractivity contribution in [1.29, 1.82) is 0 Å². The molecule has 0 bridgehead atoms. The van der Waals surface area contributed by atoms with Gasteiger partial charge in [-0.1, -0.05) is 188 Å². The topological polar surface area (TPSA) is 42.5 Å². The molecule has 0 unspecified atom stereocenters. The van der Waals surface area contributed by atoms with Gasteiger partial charge in [-0.05, 0) is 114 Å². The van der Waals surface area contributed by atoms with Crippen LogP contribution in [0.2, 0.25) is 0 Å². The molecule has 0 saturated heterocycles. The van der Waals surface area contributed by atoms with Gasteiger partial charge in [0.15, 0.2) is 0 Å². The van der Waals surface area contributed by atoms with Crippen molar-refractivity contribution in [1.82, 2.24) is 32.4 Å². The molecule has 400 valence electrons. The van der Waals surface area contributed by atoms with Gasteiger partial charge >= 0.3 is 0 Å². The Morgan fingerprint density at radius 3 is 0.965 bits per heavy atom. The van der Waals surface area contributed by atoms with Crippen molar-refractivity contribution < 1.29 is 0 Å². The van der Waals surface area contributed by atoms with Crippen LogP contribution in [0.1, 0.15) is 0 Å². The summed E-state index contributed by atoms with van der Waals surface area (Å²) >= 11 is 0. The Balaban J connectivity index is 1.02. The number of aromatic nitrogens is 7. The average molecular weight is 1100 g/mol. The van der Waals surface area contributed by atoms with Crippen molar-refractivity contribution in [3.05, 3.63) is 298 Å². The van der Waals surface area contributed by atoms with Gasteiger partial charge in [0.2, 0.25) is 0 Å². The lowest BCUT2D eigenvalue weighted by Crippen LogP contribution is -2.16.